The van der Waals surface area contributed by atoms with Gasteiger partial charge in [0.25, 0.3) is 0 Å². The molecule has 0 atom stereocenters. The monoisotopic (exact) mass is 288 g/mol. The molecule has 2 N–H and O–H groups in total. The number of nitrogens with zero attached hydrogens (tertiary/aromatic N) is 3. The van der Waals surface area contributed by atoms with Crippen LogP contribution in [0, 0.1) is 0 Å². The minimum Gasteiger partial charge on any atom is -0.396 e. The Morgan fingerprint density at radius 1 is 1.20 bits per heavy atom. The van der Waals surface area contributed by atoms with E-state index in [-0.39, 0.29) is 6.61 Å². The third-order valence-corrected chi connectivity index (χ3v) is 3.15. The number of hydrogen-bond acceptors (Lipinski definition) is 4. The summed E-state index contributed by atoms with van der Waals surface area (Å²) in [7, 11) is 0. The molecule has 0 fully saturated rings. The minimum atomic E-state index is 0.153. The highest BCUT2D eigenvalue weighted by Gasteiger charge is 2.05. The van der Waals surface area contributed by atoms with Gasteiger partial charge in [-0.25, -0.2) is 4.98 Å². The molecular weight excluding hydrogens is 276 g/mol. The lowest BCUT2D eigenvalue weighted by atomic mass is 10.1. The Morgan fingerprint density at radius 2 is 2.00 bits per heavy atom. The second-order valence-electron chi connectivity index (χ2n) is 4.36. The lowest BCUT2D eigenvalue weighted by molar-refractivity contribution is 0.299. The van der Waals surface area contributed by atoms with Crippen LogP contribution in [0.25, 0.3) is 5.65 Å². The summed E-state index contributed by atoms with van der Waals surface area (Å²) in [6.07, 6.45) is 2.33. The highest BCUT2D eigenvalue weighted by molar-refractivity contribution is 6.29. The molecule has 0 amide bonds. The normalized spacial score (nSPS) is 10.9. The van der Waals surface area contributed by atoms with Gasteiger partial charge in [-0.15, -0.1) is 0 Å². The van der Waals surface area contributed by atoms with Crippen molar-refractivity contribution in [2.45, 2.75) is 6.42 Å². The average Bonchev–Trinajstić information content (AvgIpc) is 2.89. The molecule has 0 saturated carbocycles. The fourth-order valence-corrected chi connectivity index (χ4v) is 2.19. The number of aromatic nitrogens is 3. The van der Waals surface area contributed by atoms with Gasteiger partial charge in [0, 0.05) is 24.4 Å². The summed E-state index contributed by atoms with van der Waals surface area (Å²) in [6, 6.07) is 11.4. The summed E-state index contributed by atoms with van der Waals surface area (Å²) in [5, 5.41) is 16.8. The quantitative estimate of drug-likeness (QED) is 0.725. The molecule has 102 valence electrons. The SMILES string of the molecule is OCCc1ccc(Nc2cc(Cl)nc3ccnn23)cc1. The molecule has 0 radical (unpaired) electrons. The van der Waals surface area contributed by atoms with Gasteiger partial charge in [0.05, 0.1) is 6.20 Å². The van der Waals surface area contributed by atoms with Gasteiger partial charge in [-0.3, -0.25) is 0 Å². The lowest BCUT2D eigenvalue weighted by Crippen LogP contribution is -2.01. The summed E-state index contributed by atoms with van der Waals surface area (Å²) in [5.41, 5.74) is 2.71. The fraction of sp³-hybridized carbons (Fsp3) is 0.143. The second-order valence-corrected chi connectivity index (χ2v) is 4.75. The highest BCUT2D eigenvalue weighted by Crippen LogP contribution is 2.20. The molecule has 6 heteroatoms. The largest absolute Gasteiger partial charge is 0.396 e. The van der Waals surface area contributed by atoms with E-state index in [9.17, 15) is 0 Å². The molecule has 0 aliphatic rings. The number of rotatable bonds is 4. The van der Waals surface area contributed by atoms with Gasteiger partial charge in [0.15, 0.2) is 5.65 Å². The summed E-state index contributed by atoms with van der Waals surface area (Å²) >= 11 is 5.99. The number of anilines is 2. The van der Waals surface area contributed by atoms with E-state index < -0.39 is 0 Å². The van der Waals surface area contributed by atoms with E-state index in [0.717, 1.165) is 17.1 Å². The Hall–Kier alpha value is -2.11. The van der Waals surface area contributed by atoms with Crippen molar-refractivity contribution in [1.29, 1.82) is 0 Å². The Bertz CT molecular complexity index is 724. The molecule has 0 unspecified atom stereocenters. The van der Waals surface area contributed by atoms with Crippen molar-refractivity contribution in [2.24, 2.45) is 0 Å². The Kier molecular flexibility index (Phi) is 3.54. The van der Waals surface area contributed by atoms with Crippen molar-refractivity contribution >= 4 is 28.8 Å². The van der Waals surface area contributed by atoms with Crippen LogP contribution < -0.4 is 5.32 Å². The van der Waals surface area contributed by atoms with Crippen molar-refractivity contribution in [1.82, 2.24) is 14.6 Å². The van der Waals surface area contributed by atoms with Gasteiger partial charge in [-0.2, -0.15) is 9.61 Å². The molecule has 0 saturated heterocycles. The van der Waals surface area contributed by atoms with Crippen molar-refractivity contribution in [3.05, 3.63) is 53.3 Å². The van der Waals surface area contributed by atoms with E-state index in [4.69, 9.17) is 16.7 Å². The van der Waals surface area contributed by atoms with Crippen LogP contribution in [-0.4, -0.2) is 26.3 Å². The topological polar surface area (TPSA) is 62.5 Å². The van der Waals surface area contributed by atoms with Gasteiger partial charge in [-0.05, 0) is 24.1 Å². The Morgan fingerprint density at radius 3 is 2.75 bits per heavy atom. The summed E-state index contributed by atoms with van der Waals surface area (Å²) in [5.74, 6) is 0.750. The van der Waals surface area contributed by atoms with Crippen LogP contribution >= 0.6 is 11.6 Å². The molecule has 5 nitrogen and oxygen atoms in total. The van der Waals surface area contributed by atoms with Gasteiger partial charge in [0.1, 0.15) is 11.0 Å². The number of hydrogen-bond donors (Lipinski definition) is 2. The van der Waals surface area contributed by atoms with Gasteiger partial charge in [0.2, 0.25) is 0 Å². The highest BCUT2D eigenvalue weighted by atomic mass is 35.5. The molecule has 2 aromatic heterocycles. The molecule has 20 heavy (non-hydrogen) atoms. The number of benzene rings is 1. The molecule has 0 aliphatic heterocycles. The standard InChI is InChI=1S/C14H13ClN4O/c15-12-9-14(19-13(18-12)5-7-16-19)17-11-3-1-10(2-4-11)6-8-20/h1-5,7,9,17,20H,6,8H2. The maximum Gasteiger partial charge on any atom is 0.159 e. The number of halogens is 1. The summed E-state index contributed by atoms with van der Waals surface area (Å²) < 4.78 is 1.69. The van der Waals surface area contributed by atoms with E-state index >= 15 is 0 Å². The predicted molar refractivity (Wildman–Crippen MR) is 78.5 cm³/mol. The van der Waals surface area contributed by atoms with Crippen LogP contribution in [0.5, 0.6) is 0 Å². The van der Waals surface area contributed by atoms with E-state index in [2.05, 4.69) is 15.4 Å². The zero-order valence-electron chi connectivity index (χ0n) is 10.6. The van der Waals surface area contributed by atoms with Gasteiger partial charge in [-0.1, -0.05) is 23.7 Å². The first-order valence-corrected chi connectivity index (χ1v) is 6.61. The minimum absolute atomic E-state index is 0.153. The zero-order chi connectivity index (χ0) is 13.9. The van der Waals surface area contributed by atoms with Crippen LogP contribution in [0.15, 0.2) is 42.6 Å². The molecule has 3 rings (SSSR count). The molecule has 0 bridgehead atoms. The predicted octanol–water partition coefficient (Wildman–Crippen LogP) is 2.66. The third-order valence-electron chi connectivity index (χ3n) is 2.95. The van der Waals surface area contributed by atoms with E-state index in [1.165, 1.54) is 0 Å². The van der Waals surface area contributed by atoms with Crippen molar-refractivity contribution < 1.29 is 5.11 Å². The maximum atomic E-state index is 8.90. The van der Waals surface area contributed by atoms with Crippen LogP contribution in [0.3, 0.4) is 0 Å². The van der Waals surface area contributed by atoms with Crippen LogP contribution in [0.4, 0.5) is 11.5 Å². The number of nitrogens with one attached hydrogen (secondary N) is 1. The van der Waals surface area contributed by atoms with E-state index in [1.807, 2.05) is 24.3 Å². The summed E-state index contributed by atoms with van der Waals surface area (Å²) in [6.45, 7) is 0.153. The van der Waals surface area contributed by atoms with Crippen molar-refractivity contribution in [3.63, 3.8) is 0 Å². The van der Waals surface area contributed by atoms with E-state index in [0.29, 0.717) is 17.2 Å². The average molecular weight is 289 g/mol. The molecular formula is C14H13ClN4O. The summed E-state index contributed by atoms with van der Waals surface area (Å²) in [4.78, 5) is 4.17. The van der Waals surface area contributed by atoms with Crippen LogP contribution in [-0.2, 0) is 6.42 Å². The first kappa shape index (κ1) is 12.9. The number of fused-ring (bicyclic) bond motifs is 1. The first-order chi connectivity index (χ1) is 9.76. The number of aliphatic hydroxyl groups excluding tert-OH is 1. The second kappa shape index (κ2) is 5.48. The van der Waals surface area contributed by atoms with Crippen molar-refractivity contribution in [3.8, 4) is 0 Å². The first-order valence-electron chi connectivity index (χ1n) is 6.23. The Labute approximate surface area is 120 Å². The maximum absolute atomic E-state index is 8.90. The van der Waals surface area contributed by atoms with Gasteiger partial charge < -0.3 is 10.4 Å². The molecule has 3 aromatic rings. The van der Waals surface area contributed by atoms with Crippen molar-refractivity contribution in [2.75, 3.05) is 11.9 Å². The van der Waals surface area contributed by atoms with E-state index in [1.54, 1.807) is 22.8 Å². The van der Waals surface area contributed by atoms with Crippen LogP contribution in [0.2, 0.25) is 5.15 Å². The number of aliphatic hydroxyl groups is 1. The smallest absolute Gasteiger partial charge is 0.159 e. The zero-order valence-corrected chi connectivity index (χ0v) is 11.4. The fourth-order valence-electron chi connectivity index (χ4n) is 2.00. The van der Waals surface area contributed by atoms with Crippen LogP contribution in [0.1, 0.15) is 5.56 Å². The molecule has 0 aliphatic carbocycles. The Balaban J connectivity index is 1.90. The molecule has 0 spiro atoms. The lowest BCUT2D eigenvalue weighted by Gasteiger charge is -2.09. The molecule has 2 heterocycles. The van der Waals surface area contributed by atoms with Gasteiger partial charge >= 0.3 is 0 Å². The molecule has 1 aromatic carbocycles. The third kappa shape index (κ3) is 2.59.